The molecule has 0 saturated carbocycles. The molecule has 3 aromatic carbocycles. The molecule has 0 radical (unpaired) electrons. The maximum absolute atomic E-state index is 13.2. The second-order valence-corrected chi connectivity index (χ2v) is 9.00. The molecule has 1 amide bonds. The molecule has 0 aliphatic carbocycles. The van der Waals surface area contributed by atoms with Gasteiger partial charge in [0.15, 0.2) is 5.54 Å². The fourth-order valence-electron chi connectivity index (χ4n) is 5.19. The smallest absolute Gasteiger partial charge is 0.256 e. The quantitative estimate of drug-likeness (QED) is 0.426. The van der Waals surface area contributed by atoms with Gasteiger partial charge >= 0.3 is 0 Å². The van der Waals surface area contributed by atoms with E-state index in [1.807, 2.05) is 0 Å². The summed E-state index contributed by atoms with van der Waals surface area (Å²) in [5.41, 5.74) is 1.23. The van der Waals surface area contributed by atoms with Crippen LogP contribution >= 0.6 is 11.6 Å². The number of carbonyl (C=O) groups excluding carboxylic acids is 1. The van der Waals surface area contributed by atoms with Crippen molar-refractivity contribution in [1.29, 1.82) is 0 Å². The van der Waals surface area contributed by atoms with Crippen molar-refractivity contribution >= 4 is 23.2 Å². The number of amides is 1. The fourth-order valence-corrected chi connectivity index (χ4v) is 5.43. The normalized spacial score (nSPS) is 23.7. The Labute approximate surface area is 200 Å². The van der Waals surface area contributed by atoms with Gasteiger partial charge in [-0.3, -0.25) is 19.8 Å². The van der Waals surface area contributed by atoms with Crippen LogP contribution in [-0.2, 0) is 16.9 Å². The highest BCUT2D eigenvalue weighted by Gasteiger charge is 2.68. The molecule has 1 fully saturated rings. The third-order valence-electron chi connectivity index (χ3n) is 6.73. The molecular weight excluding hydrogens is 461 g/mol. The Balaban J connectivity index is 1.46. The van der Waals surface area contributed by atoms with Gasteiger partial charge in [-0.2, -0.15) is 0 Å². The summed E-state index contributed by atoms with van der Waals surface area (Å²) >= 11 is 6.48. The van der Waals surface area contributed by atoms with E-state index in [0.29, 0.717) is 34.1 Å². The number of anilines is 1. The van der Waals surface area contributed by atoms with Crippen molar-refractivity contribution in [3.63, 3.8) is 0 Å². The lowest BCUT2D eigenvalue weighted by molar-refractivity contribution is -0.534. The van der Waals surface area contributed by atoms with E-state index in [4.69, 9.17) is 16.3 Å². The van der Waals surface area contributed by atoms with Crippen molar-refractivity contribution in [2.45, 2.75) is 24.1 Å². The van der Waals surface area contributed by atoms with Crippen molar-refractivity contribution in [3.05, 3.63) is 104 Å². The number of hydrogen-bond donors (Lipinski definition) is 1. The number of nitrogens with one attached hydrogen (secondary N) is 1. The van der Waals surface area contributed by atoms with E-state index in [2.05, 4.69) is 5.32 Å². The highest BCUT2D eigenvalue weighted by molar-refractivity contribution is 6.32. The number of halogens is 2. The van der Waals surface area contributed by atoms with Crippen LogP contribution in [0.4, 0.5) is 10.1 Å². The molecule has 1 saturated heterocycles. The first-order valence-electron chi connectivity index (χ1n) is 10.7. The Morgan fingerprint density at radius 2 is 1.94 bits per heavy atom. The van der Waals surface area contributed by atoms with Crippen LogP contribution in [0.1, 0.15) is 22.6 Å². The topological polar surface area (TPSA) is 84.7 Å². The highest BCUT2D eigenvalue weighted by atomic mass is 35.5. The van der Waals surface area contributed by atoms with Crippen molar-refractivity contribution < 1.29 is 18.8 Å². The number of hydrogen-bond acceptors (Lipinski definition) is 5. The molecule has 3 atom stereocenters. The van der Waals surface area contributed by atoms with E-state index in [1.165, 1.54) is 12.1 Å². The van der Waals surface area contributed by atoms with Gasteiger partial charge in [-0.15, -0.1) is 0 Å². The monoisotopic (exact) mass is 481 g/mol. The summed E-state index contributed by atoms with van der Waals surface area (Å²) in [5.74, 6) is -0.881. The van der Waals surface area contributed by atoms with E-state index in [1.54, 1.807) is 66.5 Å². The number of carbonyl (C=O) groups is 1. The molecule has 0 unspecified atom stereocenters. The standard InChI is InChI=1S/C25H21ClFN3O4/c1-29-13-18(23(30(32)33)25(29)19-4-2-3-5-21(19)28-24(25)31)16-8-11-22(20(26)12-16)34-14-15-6-9-17(27)10-7-15/h2-12,18,23H,13-14H2,1H3,(H,28,31)/t18-,23+,25-/m1/s1. The van der Waals surface area contributed by atoms with Crippen LogP contribution in [0.2, 0.25) is 5.02 Å². The van der Waals surface area contributed by atoms with E-state index in [9.17, 15) is 19.3 Å². The van der Waals surface area contributed by atoms with Crippen LogP contribution in [0.15, 0.2) is 66.7 Å². The first-order valence-corrected chi connectivity index (χ1v) is 11.1. The molecule has 2 aliphatic rings. The maximum Gasteiger partial charge on any atom is 0.256 e. The van der Waals surface area contributed by atoms with Crippen molar-refractivity contribution in [1.82, 2.24) is 4.90 Å². The summed E-state index contributed by atoms with van der Waals surface area (Å²) in [4.78, 5) is 27.0. The van der Waals surface area contributed by atoms with Gasteiger partial charge in [0.25, 0.3) is 11.9 Å². The van der Waals surface area contributed by atoms with Crippen LogP contribution in [0.25, 0.3) is 0 Å². The second kappa shape index (κ2) is 8.38. The number of rotatable bonds is 5. The molecule has 5 rings (SSSR count). The third kappa shape index (κ3) is 3.41. The summed E-state index contributed by atoms with van der Waals surface area (Å²) in [7, 11) is 1.74. The zero-order valence-corrected chi connectivity index (χ0v) is 19.0. The first-order chi connectivity index (χ1) is 16.3. The van der Waals surface area contributed by atoms with Gasteiger partial charge < -0.3 is 10.1 Å². The van der Waals surface area contributed by atoms with E-state index >= 15 is 0 Å². The lowest BCUT2D eigenvalue weighted by Gasteiger charge is -2.30. The van der Waals surface area contributed by atoms with Crippen molar-refractivity contribution in [3.8, 4) is 5.75 Å². The van der Waals surface area contributed by atoms with E-state index in [-0.39, 0.29) is 17.3 Å². The molecule has 2 heterocycles. The Kier molecular flexibility index (Phi) is 5.50. The zero-order valence-electron chi connectivity index (χ0n) is 18.2. The average Bonchev–Trinajstić information content (AvgIpc) is 3.29. The summed E-state index contributed by atoms with van der Waals surface area (Å²) in [6.07, 6.45) is 0. The first kappa shape index (κ1) is 22.3. The van der Waals surface area contributed by atoms with Gasteiger partial charge in [0.2, 0.25) is 0 Å². The van der Waals surface area contributed by atoms with Crippen LogP contribution < -0.4 is 10.1 Å². The number of benzene rings is 3. The van der Waals surface area contributed by atoms with Gasteiger partial charge in [-0.25, -0.2) is 4.39 Å². The van der Waals surface area contributed by atoms with E-state index in [0.717, 1.165) is 5.56 Å². The Bertz CT molecular complexity index is 1290. The SMILES string of the molecule is CN1C[C@H](c2ccc(OCc3ccc(F)cc3)c(Cl)c2)[C@H]([N+](=O)[O-])[C@]12C(=O)Nc1ccccc12. The number of ether oxygens (including phenoxy) is 1. The molecule has 34 heavy (non-hydrogen) atoms. The van der Waals surface area contributed by atoms with Crippen molar-refractivity contribution in [2.75, 3.05) is 18.9 Å². The Hall–Kier alpha value is -3.49. The summed E-state index contributed by atoms with van der Waals surface area (Å²) in [6, 6.07) is 16.9. The zero-order chi connectivity index (χ0) is 24.0. The van der Waals surface area contributed by atoms with Crippen LogP contribution in [0.3, 0.4) is 0 Å². The molecule has 1 N–H and O–H groups in total. The molecule has 174 valence electrons. The van der Waals surface area contributed by atoms with Crippen LogP contribution in [-0.4, -0.2) is 35.4 Å². The lowest BCUT2D eigenvalue weighted by atomic mass is 9.79. The van der Waals surface area contributed by atoms with Gasteiger partial charge in [-0.1, -0.05) is 48.0 Å². The number of fused-ring (bicyclic) bond motifs is 2. The van der Waals surface area contributed by atoms with Crippen LogP contribution in [0, 0.1) is 15.9 Å². The summed E-state index contributed by atoms with van der Waals surface area (Å²) < 4.78 is 18.9. The van der Waals surface area contributed by atoms with Crippen LogP contribution in [0.5, 0.6) is 5.75 Å². The molecule has 2 aliphatic heterocycles. The van der Waals surface area contributed by atoms with Gasteiger partial charge in [0, 0.05) is 22.7 Å². The molecule has 0 aromatic heterocycles. The van der Waals surface area contributed by atoms with E-state index < -0.39 is 23.4 Å². The maximum atomic E-state index is 13.2. The largest absolute Gasteiger partial charge is 0.487 e. The molecule has 3 aromatic rings. The Morgan fingerprint density at radius 1 is 1.21 bits per heavy atom. The average molecular weight is 482 g/mol. The van der Waals surface area contributed by atoms with Gasteiger partial charge in [0.1, 0.15) is 18.2 Å². The number of para-hydroxylation sites is 1. The molecule has 9 heteroatoms. The molecule has 1 spiro atoms. The third-order valence-corrected chi connectivity index (χ3v) is 7.03. The van der Waals surface area contributed by atoms with Crippen molar-refractivity contribution in [2.24, 2.45) is 0 Å². The second-order valence-electron chi connectivity index (χ2n) is 8.59. The minimum Gasteiger partial charge on any atom is -0.487 e. The minimum atomic E-state index is -1.41. The highest BCUT2D eigenvalue weighted by Crippen LogP contribution is 2.52. The number of nitro groups is 1. The predicted octanol–water partition coefficient (Wildman–Crippen LogP) is 4.58. The number of likely N-dealkylation sites (N-methyl/N-ethyl adjacent to an activating group) is 1. The molecule has 7 nitrogen and oxygen atoms in total. The molecule has 0 bridgehead atoms. The molecular formula is C25H21ClFN3O4. The fraction of sp³-hybridized carbons (Fsp3) is 0.240. The minimum absolute atomic E-state index is 0.198. The summed E-state index contributed by atoms with van der Waals surface area (Å²) in [6.45, 7) is 0.503. The number of nitrogens with zero attached hydrogens (tertiary/aromatic N) is 2. The number of likely N-dealkylation sites (tertiary alicyclic amines) is 1. The summed E-state index contributed by atoms with van der Waals surface area (Å²) in [5, 5.41) is 15.5. The Morgan fingerprint density at radius 3 is 2.65 bits per heavy atom. The van der Waals surface area contributed by atoms with Gasteiger partial charge in [-0.05, 0) is 48.5 Å². The lowest BCUT2D eigenvalue weighted by Crippen LogP contribution is -2.54. The predicted molar refractivity (Wildman–Crippen MR) is 125 cm³/mol. The van der Waals surface area contributed by atoms with Gasteiger partial charge in [0.05, 0.1) is 10.9 Å².